The van der Waals surface area contributed by atoms with Crippen molar-refractivity contribution in [2.75, 3.05) is 11.9 Å². The van der Waals surface area contributed by atoms with Gasteiger partial charge in [-0.05, 0) is 18.2 Å². The van der Waals surface area contributed by atoms with Crippen molar-refractivity contribution in [3.63, 3.8) is 0 Å². The summed E-state index contributed by atoms with van der Waals surface area (Å²) in [6.45, 7) is 0.0497. The highest BCUT2D eigenvalue weighted by molar-refractivity contribution is 5.80. The van der Waals surface area contributed by atoms with Gasteiger partial charge in [-0.1, -0.05) is 5.16 Å². The number of amidine groups is 1. The molecule has 0 aliphatic heterocycles. The van der Waals surface area contributed by atoms with Crippen LogP contribution in [0.3, 0.4) is 0 Å². The van der Waals surface area contributed by atoms with Crippen molar-refractivity contribution >= 4 is 11.5 Å². The number of alkyl halides is 3. The van der Waals surface area contributed by atoms with E-state index in [1.165, 1.54) is 0 Å². The molecule has 0 atom stereocenters. The van der Waals surface area contributed by atoms with Gasteiger partial charge in [-0.15, -0.1) is 0 Å². The molecule has 0 spiro atoms. The first kappa shape index (κ1) is 14.1. The Kier molecular flexibility index (Phi) is 4.35. The molecule has 0 aromatic heterocycles. The first-order chi connectivity index (χ1) is 8.34. The van der Waals surface area contributed by atoms with E-state index < -0.39 is 17.6 Å². The average molecular weight is 265 g/mol. The fourth-order valence-electron chi connectivity index (χ4n) is 1.21. The quantitative estimate of drug-likeness (QED) is 0.257. The van der Waals surface area contributed by atoms with Gasteiger partial charge in [-0.25, -0.2) is 4.39 Å². The Labute approximate surface area is 100 Å². The normalized spacial score (nSPS) is 12.6. The topological polar surface area (TPSA) is 70.6 Å². The molecular formula is C10H11F4N3O. The summed E-state index contributed by atoms with van der Waals surface area (Å²) in [5, 5.41) is 13.4. The van der Waals surface area contributed by atoms with Crippen LogP contribution in [-0.2, 0) is 6.18 Å². The van der Waals surface area contributed by atoms with Gasteiger partial charge < -0.3 is 16.3 Å². The standard InChI is InChI=1S/C10H11F4N3O/c11-7-2-1-6(10(12,13)14)5-8(7)16-4-3-9(15)17-18/h1-2,5,16,18H,3-4H2,(H2,15,17). The molecule has 1 rings (SSSR count). The van der Waals surface area contributed by atoms with Gasteiger partial charge in [0.25, 0.3) is 0 Å². The Balaban J connectivity index is 2.76. The lowest BCUT2D eigenvalue weighted by molar-refractivity contribution is -0.137. The summed E-state index contributed by atoms with van der Waals surface area (Å²) in [6, 6.07) is 2.06. The highest BCUT2D eigenvalue weighted by Crippen LogP contribution is 2.31. The minimum absolute atomic E-state index is 0.0497. The molecule has 0 heterocycles. The van der Waals surface area contributed by atoms with E-state index in [9.17, 15) is 17.6 Å². The van der Waals surface area contributed by atoms with Crippen molar-refractivity contribution in [1.29, 1.82) is 0 Å². The number of nitrogens with zero attached hydrogens (tertiary/aromatic N) is 1. The Morgan fingerprint density at radius 3 is 2.61 bits per heavy atom. The van der Waals surface area contributed by atoms with Crippen LogP contribution in [0.15, 0.2) is 23.4 Å². The van der Waals surface area contributed by atoms with Crippen LogP contribution in [0.4, 0.5) is 23.2 Å². The second-order valence-electron chi connectivity index (χ2n) is 3.46. The van der Waals surface area contributed by atoms with E-state index in [1.807, 2.05) is 0 Å². The third kappa shape index (κ3) is 3.79. The summed E-state index contributed by atoms with van der Waals surface area (Å²) in [4.78, 5) is 0. The molecule has 0 aliphatic rings. The fraction of sp³-hybridized carbons (Fsp3) is 0.300. The van der Waals surface area contributed by atoms with Gasteiger partial charge in [0, 0.05) is 13.0 Å². The summed E-state index contributed by atoms with van der Waals surface area (Å²) in [7, 11) is 0. The molecule has 0 aliphatic carbocycles. The van der Waals surface area contributed by atoms with Crippen molar-refractivity contribution < 1.29 is 22.8 Å². The molecule has 0 bridgehead atoms. The summed E-state index contributed by atoms with van der Waals surface area (Å²) in [6.07, 6.45) is -4.46. The Morgan fingerprint density at radius 1 is 1.39 bits per heavy atom. The van der Waals surface area contributed by atoms with Crippen LogP contribution < -0.4 is 11.1 Å². The molecule has 0 saturated heterocycles. The molecule has 1 aromatic carbocycles. The van der Waals surface area contributed by atoms with Crippen LogP contribution in [0.5, 0.6) is 0 Å². The van der Waals surface area contributed by atoms with Gasteiger partial charge in [0.15, 0.2) is 0 Å². The maximum Gasteiger partial charge on any atom is 0.416 e. The van der Waals surface area contributed by atoms with Crippen LogP contribution in [0.25, 0.3) is 0 Å². The average Bonchev–Trinajstić information content (AvgIpc) is 2.29. The highest BCUT2D eigenvalue weighted by atomic mass is 19.4. The summed E-state index contributed by atoms with van der Waals surface area (Å²) < 4.78 is 50.4. The number of anilines is 1. The van der Waals surface area contributed by atoms with E-state index in [-0.39, 0.29) is 24.5 Å². The summed E-state index contributed by atoms with van der Waals surface area (Å²) in [5.41, 5.74) is 3.93. The zero-order valence-electron chi connectivity index (χ0n) is 9.13. The number of hydrogen-bond acceptors (Lipinski definition) is 3. The molecule has 0 radical (unpaired) electrons. The van der Waals surface area contributed by atoms with Gasteiger partial charge in [0.1, 0.15) is 11.7 Å². The van der Waals surface area contributed by atoms with Crippen LogP contribution >= 0.6 is 0 Å². The number of halogens is 4. The van der Waals surface area contributed by atoms with Gasteiger partial charge in [0.2, 0.25) is 0 Å². The predicted molar refractivity (Wildman–Crippen MR) is 57.9 cm³/mol. The molecule has 0 saturated carbocycles. The maximum absolute atomic E-state index is 13.2. The SMILES string of the molecule is NC(CCNc1cc(C(F)(F)F)ccc1F)=NO. The van der Waals surface area contributed by atoms with Crippen LogP contribution in [-0.4, -0.2) is 17.6 Å². The first-order valence-corrected chi connectivity index (χ1v) is 4.91. The molecule has 4 nitrogen and oxygen atoms in total. The molecule has 1 aromatic rings. The second-order valence-corrected chi connectivity index (χ2v) is 3.46. The van der Waals surface area contributed by atoms with E-state index in [0.717, 1.165) is 6.07 Å². The third-order valence-electron chi connectivity index (χ3n) is 2.12. The highest BCUT2D eigenvalue weighted by Gasteiger charge is 2.31. The molecule has 100 valence electrons. The molecule has 0 fully saturated rings. The maximum atomic E-state index is 13.2. The molecule has 0 unspecified atom stereocenters. The smallest absolute Gasteiger partial charge is 0.409 e. The zero-order chi connectivity index (χ0) is 13.8. The second kappa shape index (κ2) is 5.56. The summed E-state index contributed by atoms with van der Waals surface area (Å²) in [5.74, 6) is -0.905. The number of nitrogens with one attached hydrogen (secondary N) is 1. The van der Waals surface area contributed by atoms with Gasteiger partial charge in [-0.3, -0.25) is 0 Å². The van der Waals surface area contributed by atoms with Gasteiger partial charge >= 0.3 is 6.18 Å². The van der Waals surface area contributed by atoms with E-state index in [2.05, 4.69) is 10.5 Å². The number of nitrogens with two attached hydrogens (primary N) is 1. The number of oxime groups is 1. The van der Waals surface area contributed by atoms with Crippen molar-refractivity contribution in [2.45, 2.75) is 12.6 Å². The molecule has 0 amide bonds. The van der Waals surface area contributed by atoms with Crippen molar-refractivity contribution in [2.24, 2.45) is 10.9 Å². The molecule has 4 N–H and O–H groups in total. The minimum atomic E-state index is -4.53. The van der Waals surface area contributed by atoms with E-state index in [4.69, 9.17) is 10.9 Å². The van der Waals surface area contributed by atoms with Gasteiger partial charge in [-0.2, -0.15) is 13.2 Å². The lowest BCUT2D eigenvalue weighted by Gasteiger charge is -2.11. The van der Waals surface area contributed by atoms with E-state index in [1.54, 1.807) is 0 Å². The lowest BCUT2D eigenvalue weighted by atomic mass is 10.2. The largest absolute Gasteiger partial charge is 0.416 e. The summed E-state index contributed by atoms with van der Waals surface area (Å²) >= 11 is 0. The lowest BCUT2D eigenvalue weighted by Crippen LogP contribution is -2.17. The zero-order valence-corrected chi connectivity index (χ0v) is 9.13. The van der Waals surface area contributed by atoms with Crippen LogP contribution in [0.2, 0.25) is 0 Å². The Hall–Kier alpha value is -1.99. The van der Waals surface area contributed by atoms with Crippen LogP contribution in [0.1, 0.15) is 12.0 Å². The number of benzene rings is 1. The Morgan fingerprint density at radius 2 is 2.06 bits per heavy atom. The van der Waals surface area contributed by atoms with E-state index >= 15 is 0 Å². The third-order valence-corrected chi connectivity index (χ3v) is 2.12. The van der Waals surface area contributed by atoms with Crippen LogP contribution in [0, 0.1) is 5.82 Å². The van der Waals surface area contributed by atoms with Gasteiger partial charge in [0.05, 0.1) is 11.3 Å². The van der Waals surface area contributed by atoms with Crippen molar-refractivity contribution in [3.05, 3.63) is 29.6 Å². The number of rotatable bonds is 4. The van der Waals surface area contributed by atoms with Crippen molar-refractivity contribution in [3.8, 4) is 0 Å². The monoisotopic (exact) mass is 265 g/mol. The fourth-order valence-corrected chi connectivity index (χ4v) is 1.21. The van der Waals surface area contributed by atoms with E-state index in [0.29, 0.717) is 12.1 Å². The Bertz CT molecular complexity index is 445. The molecule has 18 heavy (non-hydrogen) atoms. The molecule has 8 heteroatoms. The number of hydrogen-bond donors (Lipinski definition) is 3. The minimum Gasteiger partial charge on any atom is -0.409 e. The molecular weight excluding hydrogens is 254 g/mol. The predicted octanol–water partition coefficient (Wildman–Crippen LogP) is 2.39. The first-order valence-electron chi connectivity index (χ1n) is 4.91. The van der Waals surface area contributed by atoms with Crippen molar-refractivity contribution in [1.82, 2.24) is 0 Å².